The van der Waals surface area contributed by atoms with Crippen LogP contribution in [0.4, 0.5) is 10.6 Å². The highest BCUT2D eigenvalue weighted by atomic mass is 16.7. The molecule has 0 atom stereocenters. The van der Waals surface area contributed by atoms with Gasteiger partial charge >= 0.3 is 6.03 Å². The average molecular weight is 285 g/mol. The van der Waals surface area contributed by atoms with Crippen LogP contribution in [0.3, 0.4) is 0 Å². The van der Waals surface area contributed by atoms with Crippen molar-refractivity contribution in [1.29, 1.82) is 0 Å². The number of aryl methyl sites for hydroxylation is 1. The van der Waals surface area contributed by atoms with Crippen molar-refractivity contribution in [2.75, 3.05) is 12.1 Å². The molecule has 1 aromatic heterocycles. The Hall–Kier alpha value is -2.76. The van der Waals surface area contributed by atoms with Crippen molar-refractivity contribution >= 4 is 11.8 Å². The number of rotatable bonds is 3. The maximum atomic E-state index is 11.9. The van der Waals surface area contributed by atoms with E-state index in [-0.39, 0.29) is 12.8 Å². The number of benzene rings is 1. The molecule has 6 nitrogen and oxygen atoms in total. The Kier molecular flexibility index (Phi) is 3.59. The molecule has 2 N–H and O–H groups in total. The molecule has 108 valence electrons. The molecule has 1 aliphatic heterocycles. The second-order valence-corrected chi connectivity index (χ2v) is 4.66. The molecular weight excluding hydrogens is 270 g/mol. The second kappa shape index (κ2) is 5.70. The van der Waals surface area contributed by atoms with Crippen LogP contribution in [0.25, 0.3) is 0 Å². The topological polar surface area (TPSA) is 72.5 Å². The smallest absolute Gasteiger partial charge is 0.320 e. The van der Waals surface area contributed by atoms with Gasteiger partial charge in [0, 0.05) is 12.7 Å². The molecule has 0 fully saturated rings. The fourth-order valence-corrected chi connectivity index (χ4v) is 2.00. The fourth-order valence-electron chi connectivity index (χ4n) is 2.00. The summed E-state index contributed by atoms with van der Waals surface area (Å²) < 4.78 is 10.5. The number of anilines is 1. The molecule has 0 spiro atoms. The first-order valence-corrected chi connectivity index (χ1v) is 6.57. The van der Waals surface area contributed by atoms with Crippen molar-refractivity contribution in [3.8, 4) is 11.5 Å². The van der Waals surface area contributed by atoms with Gasteiger partial charge in [0.2, 0.25) is 6.79 Å². The highest BCUT2D eigenvalue weighted by molar-refractivity contribution is 5.88. The summed E-state index contributed by atoms with van der Waals surface area (Å²) in [5.74, 6) is 1.99. The van der Waals surface area contributed by atoms with Crippen molar-refractivity contribution in [2.45, 2.75) is 13.5 Å². The minimum Gasteiger partial charge on any atom is -0.454 e. The molecule has 0 bridgehead atoms. The van der Waals surface area contributed by atoms with Crippen LogP contribution in [0.5, 0.6) is 11.5 Å². The van der Waals surface area contributed by atoms with Gasteiger partial charge in [0.15, 0.2) is 11.5 Å². The Bertz CT molecular complexity index is 673. The third-order valence-electron chi connectivity index (χ3n) is 3.13. The number of fused-ring (bicyclic) bond motifs is 1. The van der Waals surface area contributed by atoms with Gasteiger partial charge in [0.1, 0.15) is 5.82 Å². The zero-order valence-corrected chi connectivity index (χ0v) is 11.6. The summed E-state index contributed by atoms with van der Waals surface area (Å²) in [6, 6.07) is 8.99. The monoisotopic (exact) mass is 285 g/mol. The number of nitrogens with one attached hydrogen (secondary N) is 2. The van der Waals surface area contributed by atoms with Crippen molar-refractivity contribution in [2.24, 2.45) is 0 Å². The summed E-state index contributed by atoms with van der Waals surface area (Å²) in [5.41, 5.74) is 1.85. The molecule has 0 aliphatic carbocycles. The molecule has 21 heavy (non-hydrogen) atoms. The third-order valence-corrected chi connectivity index (χ3v) is 3.13. The van der Waals surface area contributed by atoms with Crippen molar-refractivity contribution in [1.82, 2.24) is 10.3 Å². The first kappa shape index (κ1) is 13.2. The molecule has 0 saturated carbocycles. The number of hydrogen-bond donors (Lipinski definition) is 2. The molecular formula is C15H15N3O3. The lowest BCUT2D eigenvalue weighted by Gasteiger charge is -2.09. The van der Waals surface area contributed by atoms with Gasteiger partial charge < -0.3 is 14.8 Å². The number of urea groups is 1. The predicted molar refractivity (Wildman–Crippen MR) is 77.4 cm³/mol. The SMILES string of the molecule is Cc1cccnc1NC(=O)NCc1ccc2c(c1)OCO2. The van der Waals surface area contributed by atoms with Gasteiger partial charge in [-0.1, -0.05) is 12.1 Å². The van der Waals surface area contributed by atoms with E-state index < -0.39 is 0 Å². The normalized spacial score (nSPS) is 12.0. The molecule has 2 amide bonds. The van der Waals surface area contributed by atoms with Crippen LogP contribution < -0.4 is 20.1 Å². The van der Waals surface area contributed by atoms with Crippen molar-refractivity contribution < 1.29 is 14.3 Å². The Morgan fingerprint density at radius 3 is 3.00 bits per heavy atom. The van der Waals surface area contributed by atoms with Gasteiger partial charge in [-0.2, -0.15) is 0 Å². The van der Waals surface area contributed by atoms with Gasteiger partial charge in [-0.3, -0.25) is 5.32 Å². The Morgan fingerprint density at radius 1 is 1.29 bits per heavy atom. The highest BCUT2D eigenvalue weighted by Gasteiger charge is 2.13. The number of carbonyl (C=O) groups excluding carboxylic acids is 1. The van der Waals surface area contributed by atoms with E-state index in [1.165, 1.54) is 0 Å². The predicted octanol–water partition coefficient (Wildman–Crippen LogP) is 2.44. The van der Waals surface area contributed by atoms with Crippen LogP contribution in [0.15, 0.2) is 36.5 Å². The molecule has 1 aliphatic rings. The lowest BCUT2D eigenvalue weighted by Crippen LogP contribution is -2.28. The second-order valence-electron chi connectivity index (χ2n) is 4.66. The summed E-state index contributed by atoms with van der Waals surface area (Å²) in [6.45, 7) is 2.53. The summed E-state index contributed by atoms with van der Waals surface area (Å²) in [4.78, 5) is 16.0. The van der Waals surface area contributed by atoms with Gasteiger partial charge in [0.25, 0.3) is 0 Å². The molecule has 0 radical (unpaired) electrons. The number of nitrogens with zero attached hydrogens (tertiary/aromatic N) is 1. The van der Waals surface area contributed by atoms with Gasteiger partial charge in [-0.05, 0) is 36.2 Å². The largest absolute Gasteiger partial charge is 0.454 e. The van der Waals surface area contributed by atoms with Crippen LogP contribution in [0.1, 0.15) is 11.1 Å². The molecule has 2 heterocycles. The highest BCUT2D eigenvalue weighted by Crippen LogP contribution is 2.32. The number of amides is 2. The first-order chi connectivity index (χ1) is 10.2. The maximum Gasteiger partial charge on any atom is 0.320 e. The molecule has 0 saturated heterocycles. The van der Waals surface area contributed by atoms with Crippen molar-refractivity contribution in [3.63, 3.8) is 0 Å². The van der Waals surface area contributed by atoms with Gasteiger partial charge in [0.05, 0.1) is 0 Å². The van der Waals surface area contributed by atoms with E-state index in [9.17, 15) is 4.79 Å². The van der Waals surface area contributed by atoms with Crippen LogP contribution in [0, 0.1) is 6.92 Å². The zero-order chi connectivity index (χ0) is 14.7. The number of hydrogen-bond acceptors (Lipinski definition) is 4. The molecule has 2 aromatic rings. The lowest BCUT2D eigenvalue weighted by molar-refractivity contribution is 0.174. The maximum absolute atomic E-state index is 11.9. The number of pyridine rings is 1. The average Bonchev–Trinajstić information content (AvgIpc) is 2.95. The van der Waals surface area contributed by atoms with Crippen LogP contribution in [-0.4, -0.2) is 17.8 Å². The molecule has 3 rings (SSSR count). The minimum absolute atomic E-state index is 0.242. The Labute approximate surface area is 122 Å². The quantitative estimate of drug-likeness (QED) is 0.908. The Morgan fingerprint density at radius 2 is 2.14 bits per heavy atom. The molecule has 6 heteroatoms. The first-order valence-electron chi connectivity index (χ1n) is 6.57. The van der Waals surface area contributed by atoms with Crippen LogP contribution in [-0.2, 0) is 6.54 Å². The lowest BCUT2D eigenvalue weighted by atomic mass is 10.2. The molecule has 1 aromatic carbocycles. The minimum atomic E-state index is -0.297. The van der Waals surface area contributed by atoms with E-state index in [1.54, 1.807) is 6.20 Å². The van der Waals surface area contributed by atoms with E-state index in [0.29, 0.717) is 18.1 Å². The van der Waals surface area contributed by atoms with E-state index >= 15 is 0 Å². The van der Waals surface area contributed by atoms with E-state index in [2.05, 4.69) is 15.6 Å². The summed E-state index contributed by atoms with van der Waals surface area (Å²) in [7, 11) is 0. The van der Waals surface area contributed by atoms with Crippen LogP contribution in [0.2, 0.25) is 0 Å². The molecule has 0 unspecified atom stereocenters. The zero-order valence-electron chi connectivity index (χ0n) is 11.6. The summed E-state index contributed by atoms with van der Waals surface area (Å²) in [5, 5.41) is 5.50. The fraction of sp³-hybridized carbons (Fsp3) is 0.200. The Balaban J connectivity index is 1.58. The van der Waals surface area contributed by atoms with Crippen molar-refractivity contribution in [3.05, 3.63) is 47.7 Å². The summed E-state index contributed by atoms with van der Waals surface area (Å²) in [6.07, 6.45) is 1.64. The standard InChI is InChI=1S/C15H15N3O3/c1-10-3-2-6-16-14(10)18-15(19)17-8-11-4-5-12-13(7-11)21-9-20-12/h2-7H,8-9H2,1H3,(H2,16,17,18,19). The number of aromatic nitrogens is 1. The summed E-state index contributed by atoms with van der Waals surface area (Å²) >= 11 is 0. The number of ether oxygens (including phenoxy) is 2. The van der Waals surface area contributed by atoms with E-state index in [1.807, 2.05) is 37.3 Å². The van der Waals surface area contributed by atoms with E-state index in [0.717, 1.165) is 16.9 Å². The number of carbonyl (C=O) groups is 1. The van der Waals surface area contributed by atoms with E-state index in [4.69, 9.17) is 9.47 Å². The van der Waals surface area contributed by atoms with Gasteiger partial charge in [-0.15, -0.1) is 0 Å². The third kappa shape index (κ3) is 3.05. The van der Waals surface area contributed by atoms with Gasteiger partial charge in [-0.25, -0.2) is 9.78 Å². The van der Waals surface area contributed by atoms with Crippen LogP contribution >= 0.6 is 0 Å².